The van der Waals surface area contributed by atoms with Gasteiger partial charge in [0.2, 0.25) is 5.91 Å². The number of thioether (sulfide) groups is 1. The lowest BCUT2D eigenvalue weighted by Gasteiger charge is -2.07. The molecule has 2 amide bonds. The molecule has 2 aromatic heterocycles. The van der Waals surface area contributed by atoms with Gasteiger partial charge in [0.1, 0.15) is 10.8 Å². The quantitative estimate of drug-likeness (QED) is 0.413. The summed E-state index contributed by atoms with van der Waals surface area (Å²) in [6.07, 6.45) is 2.74. The second-order valence-corrected chi connectivity index (χ2v) is 10.9. The first-order valence-electron chi connectivity index (χ1n) is 11.4. The number of rotatable bonds is 9. The highest BCUT2D eigenvalue weighted by atomic mass is 32.2. The van der Waals surface area contributed by atoms with Gasteiger partial charge in [-0.05, 0) is 56.9 Å². The topological polar surface area (TPSA) is 99.0 Å². The van der Waals surface area contributed by atoms with Crippen molar-refractivity contribution in [1.82, 2.24) is 4.57 Å². The van der Waals surface area contributed by atoms with Gasteiger partial charge in [0, 0.05) is 11.4 Å². The minimum Gasteiger partial charge on any atom is -0.497 e. The van der Waals surface area contributed by atoms with Crippen LogP contribution in [-0.2, 0) is 33.7 Å². The summed E-state index contributed by atoms with van der Waals surface area (Å²) in [4.78, 5) is 43.6. The van der Waals surface area contributed by atoms with Crippen LogP contribution in [0.2, 0.25) is 0 Å². The maximum absolute atomic E-state index is 12.6. The molecule has 0 atom stereocenters. The second kappa shape index (κ2) is 11.4. The third kappa shape index (κ3) is 5.62. The summed E-state index contributed by atoms with van der Waals surface area (Å²) in [7, 11) is 1.62. The first-order chi connectivity index (χ1) is 16.9. The van der Waals surface area contributed by atoms with E-state index >= 15 is 0 Å². The number of methoxy groups -OCH3 is 1. The fraction of sp³-hybridized carbons (Fsp3) is 0.417. The molecule has 1 aromatic carbocycles. The number of thiophene rings is 1. The Morgan fingerprint density at radius 2 is 2.00 bits per heavy atom. The fourth-order valence-corrected chi connectivity index (χ4v) is 7.05. The monoisotopic (exact) mass is 533 g/mol. The Kier molecular flexibility index (Phi) is 8.30. The fourth-order valence-electron chi connectivity index (χ4n) is 4.02. The lowest BCUT2D eigenvalue weighted by atomic mass is 10.1. The number of carbonyl (C=O) groups excluding carboxylic acids is 3. The van der Waals surface area contributed by atoms with Crippen LogP contribution in [0.5, 0.6) is 5.75 Å². The zero-order valence-electron chi connectivity index (χ0n) is 19.8. The van der Waals surface area contributed by atoms with Gasteiger partial charge in [-0.2, -0.15) is 4.99 Å². The number of nitrogens with one attached hydrogen (secondary N) is 1. The molecule has 0 saturated heterocycles. The number of amides is 2. The highest BCUT2D eigenvalue weighted by Gasteiger charge is 2.28. The van der Waals surface area contributed by atoms with Crippen LogP contribution < -0.4 is 14.9 Å². The largest absolute Gasteiger partial charge is 0.497 e. The number of hydrogen-bond donors (Lipinski definition) is 1. The van der Waals surface area contributed by atoms with Crippen LogP contribution >= 0.6 is 34.4 Å². The predicted molar refractivity (Wildman–Crippen MR) is 141 cm³/mol. The van der Waals surface area contributed by atoms with Crippen LogP contribution in [0.1, 0.15) is 41.1 Å². The molecular weight excluding hydrogens is 506 g/mol. The Hall–Kier alpha value is -2.63. The lowest BCUT2D eigenvalue weighted by Crippen LogP contribution is -2.19. The van der Waals surface area contributed by atoms with E-state index in [0.717, 1.165) is 45.7 Å². The maximum atomic E-state index is 12.6. The number of esters is 1. The summed E-state index contributed by atoms with van der Waals surface area (Å²) < 4.78 is 13.5. The molecule has 0 aliphatic heterocycles. The third-order valence-electron chi connectivity index (χ3n) is 5.54. The van der Waals surface area contributed by atoms with E-state index in [1.165, 1.54) is 34.4 Å². The Morgan fingerprint density at radius 1 is 1.17 bits per heavy atom. The Labute approximate surface area is 215 Å². The molecule has 1 N–H and O–H groups in total. The van der Waals surface area contributed by atoms with Gasteiger partial charge in [0.15, 0.2) is 4.80 Å². The Morgan fingerprint density at radius 3 is 2.74 bits per heavy atom. The molecule has 0 radical (unpaired) electrons. The van der Waals surface area contributed by atoms with Gasteiger partial charge in [-0.25, -0.2) is 4.79 Å². The number of thiazole rings is 1. The van der Waals surface area contributed by atoms with Crippen molar-refractivity contribution in [1.29, 1.82) is 0 Å². The average molecular weight is 534 g/mol. The van der Waals surface area contributed by atoms with Crippen LogP contribution in [-0.4, -0.2) is 47.6 Å². The van der Waals surface area contributed by atoms with Gasteiger partial charge in [-0.15, -0.1) is 23.1 Å². The lowest BCUT2D eigenvalue weighted by molar-refractivity contribution is -0.115. The van der Waals surface area contributed by atoms with Gasteiger partial charge in [-0.1, -0.05) is 11.3 Å². The summed E-state index contributed by atoms with van der Waals surface area (Å²) in [6, 6.07) is 5.78. The van der Waals surface area contributed by atoms with Crippen LogP contribution in [0, 0.1) is 0 Å². The normalized spacial score (nSPS) is 13.2. The van der Waals surface area contributed by atoms with Gasteiger partial charge in [0.05, 0.1) is 41.0 Å². The molecule has 0 unspecified atom stereocenters. The number of benzene rings is 1. The Bertz CT molecular complexity index is 1340. The molecular formula is C24H27N3O5S3. The first-order valence-corrected chi connectivity index (χ1v) is 14.2. The molecule has 3 aromatic rings. The zero-order chi connectivity index (χ0) is 24.9. The SMILES string of the molecule is CCOC(=O)c1c(NC(=O)CSCC(=O)N=c2sc3cc(OC)ccc3n2CC)sc2c1CCC2. The van der Waals surface area contributed by atoms with E-state index in [-0.39, 0.29) is 29.9 Å². The summed E-state index contributed by atoms with van der Waals surface area (Å²) in [5, 5.41) is 3.39. The van der Waals surface area contributed by atoms with Crippen LogP contribution in [0.25, 0.3) is 10.2 Å². The molecule has 1 aliphatic rings. The van der Waals surface area contributed by atoms with E-state index in [1.807, 2.05) is 29.7 Å². The van der Waals surface area contributed by atoms with E-state index in [1.54, 1.807) is 14.0 Å². The van der Waals surface area contributed by atoms with Crippen molar-refractivity contribution in [3.63, 3.8) is 0 Å². The Balaban J connectivity index is 1.39. The molecule has 11 heteroatoms. The number of hydrogen-bond acceptors (Lipinski definition) is 8. The van der Waals surface area contributed by atoms with Crippen LogP contribution in [0.4, 0.5) is 5.00 Å². The molecule has 35 heavy (non-hydrogen) atoms. The molecule has 4 rings (SSSR count). The van der Waals surface area contributed by atoms with Crippen molar-refractivity contribution >= 4 is 67.4 Å². The minimum absolute atomic E-state index is 0.0837. The summed E-state index contributed by atoms with van der Waals surface area (Å²) in [5.41, 5.74) is 2.48. The molecule has 8 nitrogen and oxygen atoms in total. The number of fused-ring (bicyclic) bond motifs is 2. The van der Waals surface area contributed by atoms with Crippen LogP contribution in [0.15, 0.2) is 23.2 Å². The van der Waals surface area contributed by atoms with E-state index in [0.29, 0.717) is 21.9 Å². The second-order valence-electron chi connectivity index (χ2n) is 7.79. The van der Waals surface area contributed by atoms with Gasteiger partial charge in [0.25, 0.3) is 5.91 Å². The number of nitrogens with zero attached hydrogens (tertiary/aromatic N) is 2. The maximum Gasteiger partial charge on any atom is 0.341 e. The molecule has 1 aliphatic carbocycles. The molecule has 0 saturated carbocycles. The molecule has 0 bridgehead atoms. The summed E-state index contributed by atoms with van der Waals surface area (Å²) in [6.45, 7) is 4.73. The van der Waals surface area contributed by atoms with Crippen molar-refractivity contribution < 1.29 is 23.9 Å². The average Bonchev–Trinajstić information content (AvgIpc) is 3.50. The number of aryl methyl sites for hydroxylation is 2. The number of anilines is 1. The summed E-state index contributed by atoms with van der Waals surface area (Å²) in [5.74, 6) is -0.0293. The van der Waals surface area contributed by atoms with Crippen molar-refractivity contribution in [2.24, 2.45) is 4.99 Å². The van der Waals surface area contributed by atoms with Crippen molar-refractivity contribution in [2.75, 3.05) is 30.5 Å². The standard InChI is InChI=1S/C24H27N3O5S3/c1-4-27-16-10-9-14(31-3)11-18(16)35-24(27)26-20(29)13-33-12-19(28)25-22-21(23(30)32-5-2)15-7-6-8-17(15)34-22/h9-11H,4-8,12-13H2,1-3H3,(H,25,28). The summed E-state index contributed by atoms with van der Waals surface area (Å²) >= 11 is 4.07. The van der Waals surface area contributed by atoms with Crippen molar-refractivity contribution in [3.8, 4) is 5.75 Å². The smallest absolute Gasteiger partial charge is 0.341 e. The van der Waals surface area contributed by atoms with Crippen molar-refractivity contribution in [3.05, 3.63) is 39.0 Å². The minimum atomic E-state index is -0.394. The van der Waals surface area contributed by atoms with Gasteiger partial charge < -0.3 is 19.4 Å². The van der Waals surface area contributed by atoms with Crippen LogP contribution in [0.3, 0.4) is 0 Å². The van der Waals surface area contributed by atoms with E-state index in [2.05, 4.69) is 10.3 Å². The number of ether oxygens (including phenoxy) is 2. The molecule has 0 spiro atoms. The van der Waals surface area contributed by atoms with E-state index < -0.39 is 5.97 Å². The highest BCUT2D eigenvalue weighted by Crippen LogP contribution is 2.39. The van der Waals surface area contributed by atoms with Gasteiger partial charge in [-0.3, -0.25) is 9.59 Å². The number of carbonyl (C=O) groups is 3. The predicted octanol–water partition coefficient (Wildman–Crippen LogP) is 4.26. The molecule has 2 heterocycles. The number of aromatic nitrogens is 1. The van der Waals surface area contributed by atoms with E-state index in [4.69, 9.17) is 9.47 Å². The third-order valence-corrected chi connectivity index (χ3v) is 8.70. The first kappa shape index (κ1) is 25.5. The molecule has 186 valence electrons. The molecule has 0 fully saturated rings. The van der Waals surface area contributed by atoms with Gasteiger partial charge >= 0.3 is 5.97 Å². The zero-order valence-corrected chi connectivity index (χ0v) is 22.3. The van der Waals surface area contributed by atoms with E-state index in [9.17, 15) is 14.4 Å². The van der Waals surface area contributed by atoms with Crippen molar-refractivity contribution in [2.45, 2.75) is 39.7 Å². The highest BCUT2D eigenvalue weighted by molar-refractivity contribution is 8.00.